The standard InChI is InChI=1S/C48H33NSi/c1-3-15-34(16-4-1)35-27-29-37(30-28-35)49(44-23-11-7-19-39(44)36-17-5-2-6-18-36)38-31-32-43-42-22-10-14-26-47(42)50(48(43)33-38)45-24-12-8-20-40(45)41-21-9-13-25-46(41)50/h1-33H. The van der Waals surface area contributed by atoms with Crippen LogP contribution in [0.2, 0.25) is 0 Å². The highest BCUT2D eigenvalue weighted by molar-refractivity contribution is 7.24. The number of hydrogen-bond donors (Lipinski definition) is 0. The Balaban J connectivity index is 1.23. The summed E-state index contributed by atoms with van der Waals surface area (Å²) in [5, 5.41) is 5.95. The summed E-state index contributed by atoms with van der Waals surface area (Å²) in [5.74, 6) is 0. The molecule has 50 heavy (non-hydrogen) atoms. The number of anilines is 3. The predicted molar refractivity (Wildman–Crippen MR) is 214 cm³/mol. The van der Waals surface area contributed by atoms with Crippen molar-refractivity contribution in [2.45, 2.75) is 0 Å². The number of para-hydroxylation sites is 1. The van der Waals surface area contributed by atoms with Crippen LogP contribution in [0.3, 0.4) is 0 Å². The Morgan fingerprint density at radius 3 is 1.28 bits per heavy atom. The van der Waals surface area contributed by atoms with Crippen molar-refractivity contribution in [2.75, 3.05) is 4.90 Å². The average molecular weight is 652 g/mol. The highest BCUT2D eigenvalue weighted by Crippen LogP contribution is 2.43. The van der Waals surface area contributed by atoms with Crippen molar-refractivity contribution in [3.8, 4) is 44.5 Å². The van der Waals surface area contributed by atoms with E-state index in [4.69, 9.17) is 0 Å². The molecule has 8 aromatic carbocycles. The molecule has 0 radical (unpaired) electrons. The lowest BCUT2D eigenvalue weighted by Gasteiger charge is -2.31. The zero-order chi connectivity index (χ0) is 33.1. The molecule has 0 bridgehead atoms. The summed E-state index contributed by atoms with van der Waals surface area (Å²) in [6.45, 7) is 0. The molecule has 2 aliphatic heterocycles. The maximum atomic E-state index is 2.54. The van der Waals surface area contributed by atoms with Gasteiger partial charge in [-0.3, -0.25) is 0 Å². The molecule has 2 heterocycles. The van der Waals surface area contributed by atoms with Crippen LogP contribution in [0.5, 0.6) is 0 Å². The van der Waals surface area contributed by atoms with Gasteiger partial charge in [0.1, 0.15) is 0 Å². The quantitative estimate of drug-likeness (QED) is 0.168. The Morgan fingerprint density at radius 1 is 0.280 bits per heavy atom. The second kappa shape index (κ2) is 11.4. The molecule has 0 aliphatic carbocycles. The minimum Gasteiger partial charge on any atom is -0.310 e. The van der Waals surface area contributed by atoms with Crippen molar-refractivity contribution >= 4 is 45.9 Å². The van der Waals surface area contributed by atoms with Crippen LogP contribution in [0.15, 0.2) is 200 Å². The van der Waals surface area contributed by atoms with Gasteiger partial charge in [0.15, 0.2) is 8.07 Å². The van der Waals surface area contributed by atoms with Crippen molar-refractivity contribution in [1.82, 2.24) is 0 Å². The average Bonchev–Trinajstić information content (AvgIpc) is 3.66. The van der Waals surface area contributed by atoms with E-state index in [-0.39, 0.29) is 0 Å². The van der Waals surface area contributed by atoms with Crippen LogP contribution >= 0.6 is 0 Å². The molecular formula is C48H33NSi. The molecule has 0 aromatic heterocycles. The normalized spacial score (nSPS) is 13.0. The van der Waals surface area contributed by atoms with Crippen LogP contribution in [-0.4, -0.2) is 8.07 Å². The summed E-state index contributed by atoms with van der Waals surface area (Å²) >= 11 is 0. The summed E-state index contributed by atoms with van der Waals surface area (Å²) in [6, 6.07) is 74.1. The van der Waals surface area contributed by atoms with E-state index >= 15 is 0 Å². The number of fused-ring (bicyclic) bond motifs is 10. The van der Waals surface area contributed by atoms with Gasteiger partial charge in [0.2, 0.25) is 0 Å². The second-order valence-corrected chi connectivity index (χ2v) is 16.9. The zero-order valence-electron chi connectivity index (χ0n) is 27.5. The van der Waals surface area contributed by atoms with Crippen LogP contribution in [0.25, 0.3) is 44.5 Å². The minimum absolute atomic E-state index is 1.13. The van der Waals surface area contributed by atoms with E-state index in [0.29, 0.717) is 0 Å². The molecule has 0 saturated carbocycles. The highest BCUT2D eigenvalue weighted by atomic mass is 28.3. The van der Waals surface area contributed by atoms with Crippen LogP contribution in [-0.2, 0) is 0 Å². The third-order valence-corrected chi connectivity index (χ3v) is 15.7. The summed E-state index contributed by atoms with van der Waals surface area (Å²) in [4.78, 5) is 2.47. The summed E-state index contributed by atoms with van der Waals surface area (Å²) in [5.41, 5.74) is 13.8. The number of nitrogens with zero attached hydrogens (tertiary/aromatic N) is 1. The first-order valence-corrected chi connectivity index (χ1v) is 19.4. The third-order valence-electron chi connectivity index (χ3n) is 10.7. The molecule has 0 saturated heterocycles. The molecule has 0 amide bonds. The van der Waals surface area contributed by atoms with Gasteiger partial charge >= 0.3 is 0 Å². The first kappa shape index (κ1) is 28.8. The fourth-order valence-electron chi connectivity index (χ4n) is 8.61. The predicted octanol–water partition coefficient (Wildman–Crippen LogP) is 9.83. The SMILES string of the molecule is c1ccc(-c2ccc(N(c3ccc4c(c3)[Si]3(c5ccccc5-c5ccccc53)c3ccccc3-4)c3ccccc3-c3ccccc3)cc2)cc1. The fourth-order valence-corrected chi connectivity index (χ4v) is 14.2. The lowest BCUT2D eigenvalue weighted by atomic mass is 10.0. The van der Waals surface area contributed by atoms with Crippen LogP contribution in [0.1, 0.15) is 0 Å². The lowest BCUT2D eigenvalue weighted by Crippen LogP contribution is -2.70. The monoisotopic (exact) mass is 651 g/mol. The molecule has 8 aromatic rings. The van der Waals surface area contributed by atoms with Gasteiger partial charge < -0.3 is 4.90 Å². The van der Waals surface area contributed by atoms with Crippen molar-refractivity contribution in [1.29, 1.82) is 0 Å². The molecule has 234 valence electrons. The molecular weight excluding hydrogens is 619 g/mol. The van der Waals surface area contributed by atoms with Crippen molar-refractivity contribution < 1.29 is 0 Å². The van der Waals surface area contributed by atoms with Crippen molar-refractivity contribution in [3.63, 3.8) is 0 Å². The molecule has 0 fully saturated rings. The Hall–Kier alpha value is -6.22. The van der Waals surface area contributed by atoms with Crippen LogP contribution in [0.4, 0.5) is 17.1 Å². The Labute approximate surface area is 294 Å². The topological polar surface area (TPSA) is 3.24 Å². The first-order valence-electron chi connectivity index (χ1n) is 17.4. The second-order valence-electron chi connectivity index (χ2n) is 13.2. The van der Waals surface area contributed by atoms with E-state index < -0.39 is 8.07 Å². The van der Waals surface area contributed by atoms with Gasteiger partial charge in [0, 0.05) is 16.9 Å². The molecule has 0 N–H and O–H groups in total. The van der Waals surface area contributed by atoms with Crippen LogP contribution < -0.4 is 25.6 Å². The number of rotatable bonds is 5. The minimum atomic E-state index is -2.59. The van der Waals surface area contributed by atoms with E-state index in [1.165, 1.54) is 70.9 Å². The molecule has 2 heteroatoms. The van der Waals surface area contributed by atoms with Gasteiger partial charge in [0.25, 0.3) is 0 Å². The zero-order valence-corrected chi connectivity index (χ0v) is 28.5. The first-order chi connectivity index (χ1) is 24.8. The summed E-state index contributed by atoms with van der Waals surface area (Å²) in [6.07, 6.45) is 0. The molecule has 0 atom stereocenters. The Kier molecular flexibility index (Phi) is 6.58. The van der Waals surface area contributed by atoms with Crippen LogP contribution in [0, 0.1) is 0 Å². The maximum Gasteiger partial charge on any atom is 0.182 e. The van der Waals surface area contributed by atoms with Gasteiger partial charge in [-0.1, -0.05) is 170 Å². The van der Waals surface area contributed by atoms with Gasteiger partial charge in [-0.15, -0.1) is 0 Å². The van der Waals surface area contributed by atoms with E-state index in [1.807, 2.05) is 0 Å². The largest absolute Gasteiger partial charge is 0.310 e. The highest BCUT2D eigenvalue weighted by Gasteiger charge is 2.53. The third kappa shape index (κ3) is 4.19. The maximum absolute atomic E-state index is 2.59. The van der Waals surface area contributed by atoms with Gasteiger partial charge in [-0.25, -0.2) is 0 Å². The molecule has 10 rings (SSSR count). The van der Waals surface area contributed by atoms with Gasteiger partial charge in [0.05, 0.1) is 5.69 Å². The van der Waals surface area contributed by atoms with E-state index in [2.05, 4.69) is 205 Å². The smallest absolute Gasteiger partial charge is 0.182 e. The molecule has 2 aliphatic rings. The van der Waals surface area contributed by atoms with E-state index in [1.54, 1.807) is 0 Å². The lowest BCUT2D eigenvalue weighted by molar-refractivity contribution is 1.29. The Bertz CT molecular complexity index is 2470. The Morgan fingerprint density at radius 2 is 0.700 bits per heavy atom. The van der Waals surface area contributed by atoms with Gasteiger partial charge in [-0.05, 0) is 90.0 Å². The summed E-state index contributed by atoms with van der Waals surface area (Å²) in [7, 11) is -2.59. The summed E-state index contributed by atoms with van der Waals surface area (Å²) < 4.78 is 0. The molecule has 1 spiro atoms. The van der Waals surface area contributed by atoms with E-state index in [9.17, 15) is 0 Å². The van der Waals surface area contributed by atoms with Crippen molar-refractivity contribution in [3.05, 3.63) is 200 Å². The number of hydrogen-bond acceptors (Lipinski definition) is 1. The fraction of sp³-hybridized carbons (Fsp3) is 0. The van der Waals surface area contributed by atoms with Gasteiger partial charge in [-0.2, -0.15) is 0 Å². The molecule has 1 nitrogen and oxygen atoms in total. The number of benzene rings is 8. The van der Waals surface area contributed by atoms with E-state index in [0.717, 1.165) is 11.4 Å². The molecule has 0 unspecified atom stereocenters. The van der Waals surface area contributed by atoms with Crippen molar-refractivity contribution in [2.24, 2.45) is 0 Å².